The number of aromatic nitrogens is 2. The van der Waals surface area contributed by atoms with E-state index in [0.717, 1.165) is 5.69 Å². The molecular weight excluding hydrogens is 231 g/mol. The molecule has 1 aromatic carbocycles. The van der Waals surface area contributed by atoms with E-state index < -0.39 is 5.82 Å². The average molecular weight is 241 g/mol. The quantitative estimate of drug-likeness (QED) is 0.751. The Morgan fingerprint density at radius 1 is 1.31 bits per heavy atom. The molecule has 3 nitrogen and oxygen atoms in total. The summed E-state index contributed by atoms with van der Waals surface area (Å²) in [6.45, 7) is 1.82. The molecule has 0 atom stereocenters. The van der Waals surface area contributed by atoms with Crippen molar-refractivity contribution in [1.82, 2.24) is 9.36 Å². The number of benzene rings is 1. The van der Waals surface area contributed by atoms with Crippen LogP contribution in [-0.4, -0.2) is 9.36 Å². The molecule has 0 amide bonds. The van der Waals surface area contributed by atoms with Crippen LogP contribution in [0.25, 0.3) is 5.69 Å². The Morgan fingerprint density at radius 2 is 2.00 bits per heavy atom. The van der Waals surface area contributed by atoms with Crippen molar-refractivity contribution in [2.75, 3.05) is 0 Å². The van der Waals surface area contributed by atoms with E-state index in [-0.39, 0.29) is 10.6 Å². The summed E-state index contributed by atoms with van der Waals surface area (Å²) in [7, 11) is 1.76. The van der Waals surface area contributed by atoms with Crippen molar-refractivity contribution in [3.8, 4) is 5.69 Å². The Hall–Kier alpha value is -1.55. The van der Waals surface area contributed by atoms with E-state index in [2.05, 4.69) is 0 Å². The van der Waals surface area contributed by atoms with Gasteiger partial charge >= 0.3 is 0 Å². The monoisotopic (exact) mass is 240 g/mol. The molecule has 2 aromatic rings. The lowest BCUT2D eigenvalue weighted by atomic mass is 10.3. The normalized spacial score (nSPS) is 10.8. The van der Waals surface area contributed by atoms with Gasteiger partial charge in [0.1, 0.15) is 5.82 Å². The fourth-order valence-electron chi connectivity index (χ4n) is 1.56. The van der Waals surface area contributed by atoms with Crippen LogP contribution in [0.5, 0.6) is 0 Å². The number of rotatable bonds is 1. The zero-order valence-corrected chi connectivity index (χ0v) is 9.62. The molecule has 0 spiro atoms. The molecule has 16 heavy (non-hydrogen) atoms. The van der Waals surface area contributed by atoms with Crippen LogP contribution in [0.15, 0.2) is 29.1 Å². The minimum atomic E-state index is -0.496. The highest BCUT2D eigenvalue weighted by Gasteiger charge is 2.08. The highest BCUT2D eigenvalue weighted by molar-refractivity contribution is 6.30. The topological polar surface area (TPSA) is 26.9 Å². The van der Waals surface area contributed by atoms with Crippen LogP contribution in [0.4, 0.5) is 4.39 Å². The lowest BCUT2D eigenvalue weighted by molar-refractivity contribution is 0.615. The van der Waals surface area contributed by atoms with E-state index in [1.54, 1.807) is 11.7 Å². The molecule has 0 radical (unpaired) electrons. The van der Waals surface area contributed by atoms with Crippen LogP contribution in [0.2, 0.25) is 5.02 Å². The molecule has 0 fully saturated rings. The van der Waals surface area contributed by atoms with Crippen LogP contribution >= 0.6 is 11.6 Å². The molecule has 1 aromatic heterocycles. The van der Waals surface area contributed by atoms with Crippen LogP contribution < -0.4 is 5.56 Å². The second-order valence-electron chi connectivity index (χ2n) is 3.56. The Morgan fingerprint density at radius 3 is 2.50 bits per heavy atom. The van der Waals surface area contributed by atoms with Gasteiger partial charge in [0.2, 0.25) is 0 Å². The lowest BCUT2D eigenvalue weighted by Gasteiger charge is -2.08. The minimum absolute atomic E-state index is 0.00301. The summed E-state index contributed by atoms with van der Waals surface area (Å²) in [5.41, 5.74) is 1.21. The minimum Gasteiger partial charge on any atom is -0.285 e. The van der Waals surface area contributed by atoms with Gasteiger partial charge in [-0.15, -0.1) is 0 Å². The molecular formula is C11H10ClFN2O. The largest absolute Gasteiger partial charge is 0.285 e. The molecule has 0 unspecified atom stereocenters. The van der Waals surface area contributed by atoms with Gasteiger partial charge in [0.05, 0.1) is 10.7 Å². The van der Waals surface area contributed by atoms with E-state index in [0.29, 0.717) is 5.69 Å². The Bertz CT molecular complexity index is 601. The average Bonchev–Trinajstić information content (AvgIpc) is 2.47. The standard InChI is InChI=1S/C11H10ClFN2O/c1-7-5-11(16)15(14(7)2)8-3-4-10(13)9(12)6-8/h3-6H,1-2H3. The molecule has 5 heteroatoms. The maximum absolute atomic E-state index is 13.0. The van der Waals surface area contributed by atoms with Crippen molar-refractivity contribution in [1.29, 1.82) is 0 Å². The van der Waals surface area contributed by atoms with Crippen LogP contribution in [0.1, 0.15) is 5.69 Å². The van der Waals surface area contributed by atoms with Gasteiger partial charge in [-0.2, -0.15) is 0 Å². The zero-order chi connectivity index (χ0) is 11.9. The number of aryl methyl sites for hydroxylation is 1. The first-order chi connectivity index (χ1) is 7.50. The van der Waals surface area contributed by atoms with E-state index in [1.165, 1.54) is 28.9 Å². The maximum atomic E-state index is 13.0. The smallest absolute Gasteiger partial charge is 0.271 e. The highest BCUT2D eigenvalue weighted by Crippen LogP contribution is 2.18. The first-order valence-corrected chi connectivity index (χ1v) is 5.09. The molecule has 84 valence electrons. The van der Waals surface area contributed by atoms with Gasteiger partial charge < -0.3 is 0 Å². The van der Waals surface area contributed by atoms with Crippen LogP contribution in [0, 0.1) is 12.7 Å². The van der Waals surface area contributed by atoms with Crippen LogP contribution in [-0.2, 0) is 7.05 Å². The summed E-state index contributed by atoms with van der Waals surface area (Å²) < 4.78 is 16.1. The van der Waals surface area contributed by atoms with Crippen LogP contribution in [0.3, 0.4) is 0 Å². The second kappa shape index (κ2) is 3.79. The van der Waals surface area contributed by atoms with Crippen molar-refractivity contribution in [2.24, 2.45) is 7.05 Å². The SMILES string of the molecule is Cc1cc(=O)n(-c2ccc(F)c(Cl)c2)n1C. The lowest BCUT2D eigenvalue weighted by Crippen LogP contribution is -2.19. The van der Waals surface area contributed by atoms with Gasteiger partial charge in [-0.05, 0) is 25.1 Å². The summed E-state index contributed by atoms with van der Waals surface area (Å²) in [6.07, 6.45) is 0. The Labute approximate surface area is 96.7 Å². The number of hydrogen-bond acceptors (Lipinski definition) is 1. The molecule has 0 saturated carbocycles. The fraction of sp³-hybridized carbons (Fsp3) is 0.182. The van der Waals surface area contributed by atoms with Crippen molar-refractivity contribution in [3.05, 3.63) is 51.2 Å². The summed E-state index contributed by atoms with van der Waals surface area (Å²) >= 11 is 5.68. The molecule has 0 aliphatic heterocycles. The molecule has 0 aliphatic carbocycles. The second-order valence-corrected chi connectivity index (χ2v) is 3.96. The van der Waals surface area contributed by atoms with Gasteiger partial charge in [-0.3, -0.25) is 9.48 Å². The van der Waals surface area contributed by atoms with Gasteiger partial charge in [-0.25, -0.2) is 9.07 Å². The number of hydrogen-bond donors (Lipinski definition) is 0. The highest BCUT2D eigenvalue weighted by atomic mass is 35.5. The van der Waals surface area contributed by atoms with Gasteiger partial charge in [-0.1, -0.05) is 11.6 Å². The number of nitrogens with zero attached hydrogens (tertiary/aromatic N) is 2. The van der Waals surface area contributed by atoms with E-state index in [9.17, 15) is 9.18 Å². The molecule has 0 aliphatic rings. The summed E-state index contributed by atoms with van der Waals surface area (Å²) in [5, 5.41) is 0.00301. The molecule has 1 heterocycles. The van der Waals surface area contributed by atoms with Gasteiger partial charge in [0.15, 0.2) is 0 Å². The van der Waals surface area contributed by atoms with Crippen molar-refractivity contribution in [2.45, 2.75) is 6.92 Å². The van der Waals surface area contributed by atoms with Crippen molar-refractivity contribution >= 4 is 11.6 Å². The predicted octanol–water partition coefficient (Wildman–Crippen LogP) is 2.28. The van der Waals surface area contributed by atoms with E-state index in [4.69, 9.17) is 11.6 Å². The van der Waals surface area contributed by atoms with Gasteiger partial charge in [0.25, 0.3) is 5.56 Å². The van der Waals surface area contributed by atoms with Crippen molar-refractivity contribution in [3.63, 3.8) is 0 Å². The third kappa shape index (κ3) is 1.65. The maximum Gasteiger partial charge on any atom is 0.271 e. The Balaban J connectivity index is 2.68. The summed E-state index contributed by atoms with van der Waals surface area (Å²) in [4.78, 5) is 11.7. The zero-order valence-electron chi connectivity index (χ0n) is 8.87. The first-order valence-electron chi connectivity index (χ1n) is 4.72. The summed E-state index contributed by atoms with van der Waals surface area (Å²) in [6, 6.07) is 5.70. The van der Waals surface area contributed by atoms with Crippen molar-refractivity contribution < 1.29 is 4.39 Å². The third-order valence-electron chi connectivity index (χ3n) is 2.50. The Kier molecular flexibility index (Phi) is 2.59. The fourth-order valence-corrected chi connectivity index (χ4v) is 1.73. The molecule has 0 N–H and O–H groups in total. The number of halogens is 2. The molecule has 2 rings (SSSR count). The van der Waals surface area contributed by atoms with E-state index in [1.807, 2.05) is 6.92 Å². The molecule has 0 bridgehead atoms. The molecule has 0 saturated heterocycles. The van der Waals surface area contributed by atoms with E-state index >= 15 is 0 Å². The summed E-state index contributed by atoms with van der Waals surface area (Å²) in [5.74, 6) is -0.496. The predicted molar refractivity (Wildman–Crippen MR) is 60.7 cm³/mol. The van der Waals surface area contributed by atoms with Gasteiger partial charge in [0, 0.05) is 18.8 Å². The first kappa shape index (κ1) is 11.0. The third-order valence-corrected chi connectivity index (χ3v) is 2.79.